The van der Waals surface area contributed by atoms with Gasteiger partial charge < -0.3 is 10.6 Å². The first-order chi connectivity index (χ1) is 13.4. The summed E-state index contributed by atoms with van der Waals surface area (Å²) in [6, 6.07) is 6.78. The number of oxime groups is 1. The van der Waals surface area contributed by atoms with Gasteiger partial charge in [-0.05, 0) is 29.8 Å². The molecule has 0 radical (unpaired) electrons. The Morgan fingerprint density at radius 2 is 1.72 bits per heavy atom. The van der Waals surface area contributed by atoms with E-state index < -0.39 is 35.5 Å². The summed E-state index contributed by atoms with van der Waals surface area (Å²) in [5.41, 5.74) is 1.64. The zero-order chi connectivity index (χ0) is 21.6. The minimum absolute atomic E-state index is 0.0415. The highest BCUT2D eigenvalue weighted by atomic mass is 79.9. The molecule has 0 aliphatic carbocycles. The lowest BCUT2D eigenvalue weighted by Gasteiger charge is -2.30. The van der Waals surface area contributed by atoms with Crippen LogP contribution in [0.3, 0.4) is 0 Å². The Morgan fingerprint density at radius 1 is 1.03 bits per heavy atom. The van der Waals surface area contributed by atoms with Crippen LogP contribution in [-0.4, -0.2) is 11.9 Å². The fraction of sp³-hybridized carbons (Fsp3) is 0.278. The Kier molecular flexibility index (Phi) is 5.78. The van der Waals surface area contributed by atoms with Crippen LogP contribution in [0.4, 0.5) is 26.3 Å². The third-order valence-corrected chi connectivity index (χ3v) is 5.68. The van der Waals surface area contributed by atoms with Crippen molar-refractivity contribution in [2.24, 2.45) is 10.9 Å². The molecule has 2 aromatic carbocycles. The van der Waals surface area contributed by atoms with Gasteiger partial charge in [0, 0.05) is 33.0 Å². The molecule has 1 aliphatic heterocycles. The van der Waals surface area contributed by atoms with Crippen LogP contribution < -0.4 is 5.73 Å². The molecule has 0 saturated carbocycles. The third-order valence-electron chi connectivity index (χ3n) is 4.48. The van der Waals surface area contributed by atoms with Crippen molar-refractivity contribution < 1.29 is 31.2 Å². The first-order valence-corrected chi connectivity index (χ1v) is 9.65. The Bertz CT molecular complexity index is 974. The predicted molar refractivity (Wildman–Crippen MR) is 101 cm³/mol. The second-order valence-corrected chi connectivity index (χ2v) is 8.14. The van der Waals surface area contributed by atoms with E-state index in [4.69, 9.17) is 10.6 Å². The van der Waals surface area contributed by atoms with Gasteiger partial charge in [-0.15, -0.1) is 0 Å². The van der Waals surface area contributed by atoms with Crippen molar-refractivity contribution in [2.75, 3.05) is 0 Å². The predicted octanol–water partition coefficient (Wildman–Crippen LogP) is 6.27. The molecule has 0 saturated heterocycles. The van der Waals surface area contributed by atoms with E-state index in [1.54, 1.807) is 12.1 Å². The van der Waals surface area contributed by atoms with Crippen molar-refractivity contribution in [1.29, 1.82) is 0 Å². The molecule has 156 valence electrons. The van der Waals surface area contributed by atoms with Crippen molar-refractivity contribution >= 4 is 37.6 Å². The number of alkyl halides is 6. The minimum atomic E-state index is -5.02. The van der Waals surface area contributed by atoms with Crippen molar-refractivity contribution in [3.05, 3.63) is 67.6 Å². The van der Waals surface area contributed by atoms with E-state index in [1.807, 2.05) is 0 Å². The highest BCUT2D eigenvalue weighted by Gasteiger charge is 2.62. The molecule has 1 atom stereocenters. The fourth-order valence-corrected chi connectivity index (χ4v) is 3.97. The van der Waals surface area contributed by atoms with Crippen molar-refractivity contribution in [3.8, 4) is 0 Å². The molecule has 29 heavy (non-hydrogen) atoms. The second-order valence-electron chi connectivity index (χ2n) is 6.37. The number of hydrogen-bond donors (Lipinski definition) is 1. The maximum atomic E-state index is 14.0. The zero-order valence-corrected chi connectivity index (χ0v) is 17.5. The number of rotatable bonds is 3. The smallest absolute Gasteiger partial charge is 0.374 e. The lowest BCUT2D eigenvalue weighted by atomic mass is 9.85. The van der Waals surface area contributed by atoms with E-state index in [0.717, 1.165) is 11.6 Å². The van der Waals surface area contributed by atoms with Crippen molar-refractivity contribution in [1.82, 2.24) is 0 Å². The van der Waals surface area contributed by atoms with Crippen LogP contribution >= 0.6 is 31.9 Å². The number of hydrogen-bond acceptors (Lipinski definition) is 3. The quantitative estimate of drug-likeness (QED) is 0.462. The number of nitrogens with two attached hydrogens (primary N) is 1. The molecular formula is C18H12Br2F6N2O. The van der Waals surface area contributed by atoms with Gasteiger partial charge in [0.25, 0.3) is 5.60 Å². The topological polar surface area (TPSA) is 47.6 Å². The SMILES string of the molecule is NCc1ccc(C2=NOC(c3cc(Br)cc(C(F)(F)F)c3)(C(F)(F)F)C2)cc1Br. The van der Waals surface area contributed by atoms with Crippen LogP contribution in [0.1, 0.15) is 28.7 Å². The first kappa shape index (κ1) is 22.1. The molecule has 11 heteroatoms. The standard InChI is InChI=1S/C18H12Br2F6N2O/c19-13-5-11(4-12(6-13)17(21,22)23)16(18(24,25)26)7-15(28-29-16)9-1-2-10(8-27)14(20)3-9/h1-6H,7-8,27H2. The average Bonchev–Trinajstić information content (AvgIpc) is 3.07. The van der Waals surface area contributed by atoms with Crippen LogP contribution in [0.5, 0.6) is 0 Å². The van der Waals surface area contributed by atoms with E-state index in [9.17, 15) is 26.3 Å². The van der Waals surface area contributed by atoms with Crippen LogP contribution in [0.25, 0.3) is 0 Å². The molecule has 1 aliphatic rings. The Balaban J connectivity index is 2.06. The van der Waals surface area contributed by atoms with Gasteiger partial charge in [-0.3, -0.25) is 0 Å². The summed E-state index contributed by atoms with van der Waals surface area (Å²) in [5, 5.41) is 3.57. The van der Waals surface area contributed by atoms with Crippen LogP contribution in [0.2, 0.25) is 0 Å². The minimum Gasteiger partial charge on any atom is -0.374 e. The maximum Gasteiger partial charge on any atom is 0.435 e. The molecule has 2 aromatic rings. The fourth-order valence-electron chi connectivity index (χ4n) is 2.94. The van der Waals surface area contributed by atoms with Gasteiger partial charge in [0.05, 0.1) is 11.3 Å². The van der Waals surface area contributed by atoms with Crippen LogP contribution in [0.15, 0.2) is 50.5 Å². The normalized spacial score (nSPS) is 19.8. The monoisotopic (exact) mass is 544 g/mol. The van der Waals surface area contributed by atoms with Gasteiger partial charge in [0.15, 0.2) is 0 Å². The van der Waals surface area contributed by atoms with Gasteiger partial charge in [0.1, 0.15) is 0 Å². The van der Waals surface area contributed by atoms with E-state index in [1.165, 1.54) is 6.07 Å². The molecule has 0 aromatic heterocycles. The van der Waals surface area contributed by atoms with E-state index in [0.29, 0.717) is 22.2 Å². The molecule has 0 amide bonds. The van der Waals surface area contributed by atoms with Crippen LogP contribution in [0, 0.1) is 0 Å². The number of benzene rings is 2. The lowest BCUT2D eigenvalue weighted by Crippen LogP contribution is -2.43. The summed E-state index contributed by atoms with van der Waals surface area (Å²) < 4.78 is 81.9. The molecule has 0 fully saturated rings. The molecular weight excluding hydrogens is 534 g/mol. The van der Waals surface area contributed by atoms with Gasteiger partial charge in [0.2, 0.25) is 0 Å². The average molecular weight is 546 g/mol. The van der Waals surface area contributed by atoms with Gasteiger partial charge in [-0.2, -0.15) is 26.3 Å². The van der Waals surface area contributed by atoms with E-state index in [-0.39, 0.29) is 16.7 Å². The molecule has 3 nitrogen and oxygen atoms in total. The zero-order valence-electron chi connectivity index (χ0n) is 14.3. The molecule has 1 unspecified atom stereocenters. The summed E-state index contributed by atoms with van der Waals surface area (Å²) in [6.45, 7) is 0.217. The molecule has 0 spiro atoms. The van der Waals surface area contributed by atoms with Crippen molar-refractivity contribution in [2.45, 2.75) is 30.9 Å². The molecule has 3 rings (SSSR count). The first-order valence-electron chi connectivity index (χ1n) is 8.06. The largest absolute Gasteiger partial charge is 0.435 e. The van der Waals surface area contributed by atoms with E-state index >= 15 is 0 Å². The van der Waals surface area contributed by atoms with Gasteiger partial charge >= 0.3 is 12.4 Å². The number of halogens is 8. The Morgan fingerprint density at radius 3 is 2.28 bits per heavy atom. The maximum absolute atomic E-state index is 14.0. The molecule has 1 heterocycles. The summed E-state index contributed by atoms with van der Waals surface area (Å²) in [4.78, 5) is 4.81. The summed E-state index contributed by atoms with van der Waals surface area (Å²) in [7, 11) is 0. The van der Waals surface area contributed by atoms with E-state index in [2.05, 4.69) is 37.0 Å². The lowest BCUT2D eigenvalue weighted by molar-refractivity contribution is -0.276. The third kappa shape index (κ3) is 4.17. The molecule has 0 bridgehead atoms. The summed E-state index contributed by atoms with van der Waals surface area (Å²) in [5.74, 6) is 0. The Labute approximate surface area is 178 Å². The number of nitrogens with zero attached hydrogens (tertiary/aromatic N) is 1. The second kappa shape index (κ2) is 7.59. The van der Waals surface area contributed by atoms with Gasteiger partial charge in [-0.25, -0.2) is 0 Å². The van der Waals surface area contributed by atoms with Crippen LogP contribution in [-0.2, 0) is 23.2 Å². The Hall–Kier alpha value is -1.59. The summed E-state index contributed by atoms with van der Waals surface area (Å²) in [6.07, 6.45) is -10.6. The molecule has 2 N–H and O–H groups in total. The van der Waals surface area contributed by atoms with Gasteiger partial charge in [-0.1, -0.05) is 49.1 Å². The highest BCUT2D eigenvalue weighted by molar-refractivity contribution is 9.10. The summed E-state index contributed by atoms with van der Waals surface area (Å²) >= 11 is 6.13. The van der Waals surface area contributed by atoms with Crippen molar-refractivity contribution in [3.63, 3.8) is 0 Å². The highest BCUT2D eigenvalue weighted by Crippen LogP contribution is 2.50.